The van der Waals surface area contributed by atoms with Crippen molar-refractivity contribution in [2.75, 3.05) is 0 Å². The van der Waals surface area contributed by atoms with Crippen molar-refractivity contribution in [3.63, 3.8) is 0 Å². The Kier molecular flexibility index (Phi) is 4.52. The Morgan fingerprint density at radius 2 is 1.84 bits per heavy atom. The quantitative estimate of drug-likeness (QED) is 0.846. The number of benzene rings is 1. The van der Waals surface area contributed by atoms with Crippen LogP contribution in [0, 0.1) is 0 Å². The summed E-state index contributed by atoms with van der Waals surface area (Å²) in [6, 6.07) is 2.71. The highest BCUT2D eigenvalue weighted by molar-refractivity contribution is 5.73. The average molecular weight is 286 g/mol. The summed E-state index contributed by atoms with van der Waals surface area (Å²) in [7, 11) is 0. The number of rotatable bonds is 5. The molecule has 0 aliphatic heterocycles. The Morgan fingerprint density at radius 1 is 1.26 bits per heavy atom. The lowest BCUT2D eigenvalue weighted by Gasteiger charge is -2.15. The van der Waals surface area contributed by atoms with Gasteiger partial charge in [0.15, 0.2) is 0 Å². The van der Waals surface area contributed by atoms with Crippen LogP contribution in [0.4, 0.5) is 22.0 Å². The molecule has 0 atom stereocenters. The number of carbonyl (C=O) groups is 1. The highest BCUT2D eigenvalue weighted by atomic mass is 19.4. The zero-order chi connectivity index (χ0) is 14.6. The molecule has 1 N–H and O–H groups in total. The third kappa shape index (κ3) is 4.98. The molecular formula is C10H7F5O4. The van der Waals surface area contributed by atoms with E-state index >= 15 is 0 Å². The Bertz CT molecular complexity index is 458. The van der Waals surface area contributed by atoms with Crippen LogP contribution in [-0.2, 0) is 11.2 Å². The first-order chi connectivity index (χ1) is 8.69. The number of aliphatic carboxylic acids is 1. The summed E-state index contributed by atoms with van der Waals surface area (Å²) in [5, 5.41) is 8.57. The minimum absolute atomic E-state index is 0.618. The molecule has 0 radical (unpaired) electrons. The molecule has 1 aromatic carbocycles. The molecular weight excluding hydrogens is 279 g/mol. The van der Waals surface area contributed by atoms with E-state index in [0.717, 1.165) is 18.2 Å². The number of carboxylic acid groups (broad SMARTS) is 1. The molecule has 0 saturated carbocycles. The second-order valence-corrected chi connectivity index (χ2v) is 3.23. The van der Waals surface area contributed by atoms with Crippen LogP contribution >= 0.6 is 0 Å². The van der Waals surface area contributed by atoms with Gasteiger partial charge in [0.2, 0.25) is 0 Å². The molecule has 0 bridgehead atoms. The Hall–Kier alpha value is -2.06. The fourth-order valence-electron chi connectivity index (χ4n) is 1.30. The normalized spacial score (nSPS) is 11.5. The fourth-order valence-corrected chi connectivity index (χ4v) is 1.30. The first-order valence-corrected chi connectivity index (χ1v) is 4.73. The maximum atomic E-state index is 12.1. The van der Waals surface area contributed by atoms with Gasteiger partial charge in [-0.15, -0.1) is 13.2 Å². The molecule has 0 saturated heterocycles. The second-order valence-electron chi connectivity index (χ2n) is 3.23. The molecule has 0 aromatic heterocycles. The largest absolute Gasteiger partial charge is 0.573 e. The number of ether oxygens (including phenoxy) is 2. The summed E-state index contributed by atoms with van der Waals surface area (Å²) in [5.41, 5.74) is -0.618. The van der Waals surface area contributed by atoms with Crippen molar-refractivity contribution in [3.05, 3.63) is 23.8 Å². The summed E-state index contributed by atoms with van der Waals surface area (Å²) in [6.45, 7) is -3.30. The van der Waals surface area contributed by atoms with Crippen molar-refractivity contribution < 1.29 is 41.3 Å². The molecule has 19 heavy (non-hydrogen) atoms. The van der Waals surface area contributed by atoms with Crippen LogP contribution in [0.5, 0.6) is 11.5 Å². The van der Waals surface area contributed by atoms with Gasteiger partial charge < -0.3 is 14.6 Å². The Balaban J connectivity index is 3.17. The minimum atomic E-state index is -5.07. The zero-order valence-corrected chi connectivity index (χ0v) is 9.08. The van der Waals surface area contributed by atoms with E-state index in [9.17, 15) is 26.7 Å². The van der Waals surface area contributed by atoms with E-state index in [2.05, 4.69) is 9.47 Å². The highest BCUT2D eigenvalue weighted by Crippen LogP contribution is 2.33. The summed E-state index contributed by atoms with van der Waals surface area (Å²) >= 11 is 0. The van der Waals surface area contributed by atoms with Crippen LogP contribution < -0.4 is 9.47 Å². The fraction of sp³-hybridized carbons (Fsp3) is 0.300. The van der Waals surface area contributed by atoms with Crippen LogP contribution in [-0.4, -0.2) is 24.0 Å². The number of hydrogen-bond acceptors (Lipinski definition) is 3. The first kappa shape index (κ1) is 15.0. The molecule has 0 aliphatic rings. The van der Waals surface area contributed by atoms with Crippen LogP contribution in [0.15, 0.2) is 18.2 Å². The predicted molar refractivity (Wildman–Crippen MR) is 51.1 cm³/mol. The molecule has 1 rings (SSSR count). The Labute approximate surface area is 103 Å². The zero-order valence-electron chi connectivity index (χ0n) is 9.08. The van der Waals surface area contributed by atoms with Crippen LogP contribution in [0.3, 0.4) is 0 Å². The van der Waals surface area contributed by atoms with Gasteiger partial charge in [0, 0.05) is 5.56 Å². The van der Waals surface area contributed by atoms with E-state index < -0.39 is 42.4 Å². The van der Waals surface area contributed by atoms with Gasteiger partial charge in [-0.2, -0.15) is 8.78 Å². The van der Waals surface area contributed by atoms with Gasteiger partial charge in [-0.25, -0.2) is 0 Å². The lowest BCUT2D eigenvalue weighted by Crippen LogP contribution is -2.19. The molecule has 0 aliphatic carbocycles. The standard InChI is InChI=1S/C10H7F5O4/c11-9(12)18-6-2-1-3-7(19-10(13,14)15)5(6)4-8(16)17/h1-3,9H,4H2,(H,16,17). The topological polar surface area (TPSA) is 55.8 Å². The van der Waals surface area contributed by atoms with Crippen molar-refractivity contribution in [2.24, 2.45) is 0 Å². The van der Waals surface area contributed by atoms with E-state index in [0.29, 0.717) is 0 Å². The molecule has 106 valence electrons. The highest BCUT2D eigenvalue weighted by Gasteiger charge is 2.33. The Morgan fingerprint density at radius 3 is 2.32 bits per heavy atom. The molecule has 4 nitrogen and oxygen atoms in total. The van der Waals surface area contributed by atoms with Gasteiger partial charge >= 0.3 is 18.9 Å². The van der Waals surface area contributed by atoms with Crippen molar-refractivity contribution in [3.8, 4) is 11.5 Å². The minimum Gasteiger partial charge on any atom is -0.481 e. The molecule has 0 heterocycles. The van der Waals surface area contributed by atoms with E-state index in [4.69, 9.17) is 5.11 Å². The second kappa shape index (κ2) is 5.72. The molecule has 0 unspecified atom stereocenters. The molecule has 9 heteroatoms. The van der Waals surface area contributed by atoms with Crippen molar-refractivity contribution >= 4 is 5.97 Å². The van der Waals surface area contributed by atoms with Gasteiger partial charge in [0.25, 0.3) is 0 Å². The van der Waals surface area contributed by atoms with E-state index in [1.165, 1.54) is 0 Å². The average Bonchev–Trinajstić information content (AvgIpc) is 2.19. The van der Waals surface area contributed by atoms with Gasteiger partial charge in [-0.3, -0.25) is 4.79 Å². The smallest absolute Gasteiger partial charge is 0.481 e. The monoisotopic (exact) mass is 286 g/mol. The summed E-state index contributed by atoms with van der Waals surface area (Å²) in [5.74, 6) is -3.09. The SMILES string of the molecule is O=C(O)Cc1c(OC(F)F)cccc1OC(F)(F)F. The van der Waals surface area contributed by atoms with Gasteiger partial charge in [0.1, 0.15) is 11.5 Å². The van der Waals surface area contributed by atoms with E-state index in [1.807, 2.05) is 0 Å². The van der Waals surface area contributed by atoms with Crippen molar-refractivity contribution in [1.29, 1.82) is 0 Å². The maximum Gasteiger partial charge on any atom is 0.573 e. The predicted octanol–water partition coefficient (Wildman–Crippen LogP) is 2.81. The molecule has 0 spiro atoms. The summed E-state index contributed by atoms with van der Waals surface area (Å²) < 4.78 is 68.0. The lowest BCUT2D eigenvalue weighted by atomic mass is 10.1. The van der Waals surface area contributed by atoms with E-state index in [1.54, 1.807) is 0 Å². The number of halogens is 5. The van der Waals surface area contributed by atoms with Crippen LogP contribution in [0.1, 0.15) is 5.56 Å². The number of carboxylic acids is 1. The molecule has 0 amide bonds. The van der Waals surface area contributed by atoms with Crippen molar-refractivity contribution in [1.82, 2.24) is 0 Å². The van der Waals surface area contributed by atoms with Gasteiger partial charge in [0.05, 0.1) is 6.42 Å². The third-order valence-electron chi connectivity index (χ3n) is 1.86. The van der Waals surface area contributed by atoms with Gasteiger partial charge in [-0.05, 0) is 12.1 Å². The number of hydrogen-bond donors (Lipinski definition) is 1. The lowest BCUT2D eigenvalue weighted by molar-refractivity contribution is -0.275. The van der Waals surface area contributed by atoms with Crippen molar-refractivity contribution in [2.45, 2.75) is 19.4 Å². The van der Waals surface area contributed by atoms with E-state index in [-0.39, 0.29) is 0 Å². The number of alkyl halides is 5. The summed E-state index contributed by atoms with van der Waals surface area (Å²) in [6.07, 6.45) is -6.02. The summed E-state index contributed by atoms with van der Waals surface area (Å²) in [4.78, 5) is 10.5. The molecule has 0 fully saturated rings. The first-order valence-electron chi connectivity index (χ1n) is 4.73. The third-order valence-corrected chi connectivity index (χ3v) is 1.86. The molecule has 1 aromatic rings. The maximum absolute atomic E-state index is 12.1. The van der Waals surface area contributed by atoms with Crippen LogP contribution in [0.2, 0.25) is 0 Å². The van der Waals surface area contributed by atoms with Crippen LogP contribution in [0.25, 0.3) is 0 Å². The van der Waals surface area contributed by atoms with Gasteiger partial charge in [-0.1, -0.05) is 6.07 Å².